The summed E-state index contributed by atoms with van der Waals surface area (Å²) >= 11 is 0.854. The highest BCUT2D eigenvalue weighted by atomic mass is 32.2. The number of amides is 2. The van der Waals surface area contributed by atoms with Crippen LogP contribution >= 0.6 is 11.8 Å². The van der Waals surface area contributed by atoms with Crippen molar-refractivity contribution in [2.45, 2.75) is 44.3 Å². The van der Waals surface area contributed by atoms with Gasteiger partial charge < -0.3 is 10.2 Å². The molecule has 3 aromatic rings. The molecular weight excluding hydrogens is 510 g/mol. The van der Waals surface area contributed by atoms with E-state index in [4.69, 9.17) is 0 Å². The number of pyridine rings is 1. The highest BCUT2D eigenvalue weighted by Crippen LogP contribution is 2.30. The second-order valence-corrected chi connectivity index (χ2v) is 10.3. The molecule has 5 rings (SSSR count). The predicted molar refractivity (Wildman–Crippen MR) is 142 cm³/mol. The van der Waals surface area contributed by atoms with Gasteiger partial charge in [-0.25, -0.2) is 18.7 Å². The summed E-state index contributed by atoms with van der Waals surface area (Å²) in [6.07, 6.45) is 10.1. The average Bonchev–Trinajstić information content (AvgIpc) is 3.24. The SMILES string of the molecule is CN(c1nccc(/C=C2\SC(=O)NC2=O)n1)C1CCC(NCc2cnccc2-c2c(F)cccc2F)CC1. The number of nitrogens with one attached hydrogen (secondary N) is 2. The first kappa shape index (κ1) is 25.9. The first-order valence-electron chi connectivity index (χ1n) is 12.3. The van der Waals surface area contributed by atoms with Gasteiger partial charge in [0.15, 0.2) is 0 Å². The predicted octanol–water partition coefficient (Wildman–Crippen LogP) is 4.68. The van der Waals surface area contributed by atoms with Crippen molar-refractivity contribution in [1.29, 1.82) is 0 Å². The monoisotopic (exact) mass is 536 g/mol. The van der Waals surface area contributed by atoms with E-state index in [0.717, 1.165) is 43.0 Å². The highest BCUT2D eigenvalue weighted by Gasteiger charge is 2.27. The van der Waals surface area contributed by atoms with Crippen LogP contribution in [0, 0.1) is 11.6 Å². The van der Waals surface area contributed by atoms with Gasteiger partial charge in [-0.1, -0.05) is 6.07 Å². The van der Waals surface area contributed by atoms with Crippen LogP contribution in [0.15, 0.2) is 53.8 Å². The molecule has 3 heterocycles. The lowest BCUT2D eigenvalue weighted by Gasteiger charge is -2.35. The van der Waals surface area contributed by atoms with E-state index in [1.807, 2.05) is 11.9 Å². The Bertz CT molecular complexity index is 1370. The molecule has 2 N–H and O–H groups in total. The molecule has 2 aliphatic rings. The Labute approximate surface area is 223 Å². The molecule has 2 fully saturated rings. The molecule has 8 nitrogen and oxygen atoms in total. The van der Waals surface area contributed by atoms with E-state index in [2.05, 4.69) is 25.6 Å². The summed E-state index contributed by atoms with van der Waals surface area (Å²) in [5.41, 5.74) is 1.77. The molecule has 11 heteroatoms. The zero-order chi connectivity index (χ0) is 26.6. The molecule has 38 heavy (non-hydrogen) atoms. The summed E-state index contributed by atoms with van der Waals surface area (Å²) in [6, 6.07) is 7.71. The molecule has 0 unspecified atom stereocenters. The molecule has 1 aliphatic heterocycles. The molecule has 1 aliphatic carbocycles. The molecule has 0 atom stereocenters. The lowest BCUT2D eigenvalue weighted by atomic mass is 9.90. The molecule has 196 valence electrons. The largest absolute Gasteiger partial charge is 0.341 e. The molecule has 1 saturated heterocycles. The fraction of sp³-hybridized carbons (Fsp3) is 0.296. The van der Waals surface area contributed by atoms with E-state index in [1.165, 1.54) is 18.2 Å². The van der Waals surface area contributed by atoms with Crippen LogP contribution in [0.1, 0.15) is 36.9 Å². The van der Waals surface area contributed by atoms with E-state index in [0.29, 0.717) is 28.7 Å². The number of hydrogen-bond acceptors (Lipinski definition) is 8. The van der Waals surface area contributed by atoms with Crippen LogP contribution in [0.25, 0.3) is 17.2 Å². The number of carbonyl (C=O) groups is 2. The minimum Gasteiger partial charge on any atom is -0.341 e. The standard InChI is InChI=1S/C27H26F2N6O2S/c1-35(26-31-12-9-18(33-26)13-23-25(36)34-27(37)38-23)19-7-5-17(6-8-19)32-15-16-14-30-11-10-20(16)24-21(28)3-2-4-22(24)29/h2-4,9-14,17,19,32H,5-8,15H2,1H3,(H,34,36,37)/b23-13-. The normalized spacial score (nSPS) is 20.6. The van der Waals surface area contributed by atoms with Gasteiger partial charge in [-0.15, -0.1) is 0 Å². The second kappa shape index (κ2) is 11.4. The molecule has 1 aromatic carbocycles. The number of carbonyl (C=O) groups excluding carboxylic acids is 2. The zero-order valence-corrected chi connectivity index (χ0v) is 21.5. The van der Waals surface area contributed by atoms with Crippen LogP contribution < -0.4 is 15.5 Å². The molecule has 0 spiro atoms. The second-order valence-electron chi connectivity index (χ2n) is 9.26. The maximum absolute atomic E-state index is 14.4. The molecule has 0 radical (unpaired) electrons. The first-order valence-corrected chi connectivity index (χ1v) is 13.1. The van der Waals surface area contributed by atoms with Gasteiger partial charge in [-0.05, 0) is 78.9 Å². The Balaban J connectivity index is 1.19. The van der Waals surface area contributed by atoms with E-state index >= 15 is 0 Å². The van der Waals surface area contributed by atoms with Crippen molar-refractivity contribution in [2.24, 2.45) is 0 Å². The minimum absolute atomic E-state index is 0.0336. The summed E-state index contributed by atoms with van der Waals surface area (Å²) in [4.78, 5) is 38.7. The number of aromatic nitrogens is 3. The molecule has 2 amide bonds. The number of rotatable bonds is 7. The van der Waals surface area contributed by atoms with Crippen molar-refractivity contribution in [3.05, 3.63) is 76.7 Å². The minimum atomic E-state index is -0.595. The summed E-state index contributed by atoms with van der Waals surface area (Å²) in [6.45, 7) is 0.454. The Morgan fingerprint density at radius 3 is 2.58 bits per heavy atom. The number of benzene rings is 1. The number of hydrogen-bond donors (Lipinski definition) is 2. The van der Waals surface area contributed by atoms with Crippen LogP contribution in [0.3, 0.4) is 0 Å². The van der Waals surface area contributed by atoms with Gasteiger partial charge in [0, 0.05) is 44.3 Å². The van der Waals surface area contributed by atoms with Gasteiger partial charge in [0.1, 0.15) is 11.6 Å². The third kappa shape index (κ3) is 5.73. The molecular formula is C27H26F2N6O2S. The smallest absolute Gasteiger partial charge is 0.290 e. The topological polar surface area (TPSA) is 100 Å². The lowest BCUT2D eigenvalue weighted by molar-refractivity contribution is -0.115. The van der Waals surface area contributed by atoms with Crippen molar-refractivity contribution in [3.8, 4) is 11.1 Å². The Hall–Kier alpha value is -3.70. The van der Waals surface area contributed by atoms with Gasteiger partial charge in [-0.3, -0.25) is 19.9 Å². The fourth-order valence-electron chi connectivity index (χ4n) is 4.82. The van der Waals surface area contributed by atoms with Gasteiger partial charge in [-0.2, -0.15) is 0 Å². The van der Waals surface area contributed by atoms with Crippen LogP contribution in [-0.2, 0) is 11.3 Å². The zero-order valence-electron chi connectivity index (χ0n) is 20.7. The van der Waals surface area contributed by atoms with Crippen molar-refractivity contribution in [2.75, 3.05) is 11.9 Å². The van der Waals surface area contributed by atoms with Crippen LogP contribution in [0.2, 0.25) is 0 Å². The number of anilines is 1. The Morgan fingerprint density at radius 1 is 1.11 bits per heavy atom. The third-order valence-corrected chi connectivity index (χ3v) is 7.67. The Kier molecular flexibility index (Phi) is 7.75. The van der Waals surface area contributed by atoms with Crippen molar-refractivity contribution < 1.29 is 18.4 Å². The van der Waals surface area contributed by atoms with Crippen molar-refractivity contribution in [3.63, 3.8) is 0 Å². The molecule has 1 saturated carbocycles. The summed E-state index contributed by atoms with van der Waals surface area (Å²) in [5, 5.41) is 5.38. The van der Waals surface area contributed by atoms with Gasteiger partial charge >= 0.3 is 0 Å². The van der Waals surface area contributed by atoms with Crippen LogP contribution in [0.5, 0.6) is 0 Å². The number of halogens is 2. The number of thioether (sulfide) groups is 1. The van der Waals surface area contributed by atoms with E-state index in [-0.39, 0.29) is 17.6 Å². The van der Waals surface area contributed by atoms with Gasteiger partial charge in [0.25, 0.3) is 11.1 Å². The summed E-state index contributed by atoms with van der Waals surface area (Å²) in [5.74, 6) is -1.06. The van der Waals surface area contributed by atoms with E-state index in [1.54, 1.807) is 36.8 Å². The molecule has 2 aromatic heterocycles. The number of nitrogens with zero attached hydrogens (tertiary/aromatic N) is 4. The molecule has 0 bridgehead atoms. The first-order chi connectivity index (χ1) is 18.4. The average molecular weight is 537 g/mol. The lowest BCUT2D eigenvalue weighted by Crippen LogP contribution is -2.41. The van der Waals surface area contributed by atoms with Crippen molar-refractivity contribution in [1.82, 2.24) is 25.6 Å². The summed E-state index contributed by atoms with van der Waals surface area (Å²) in [7, 11) is 1.95. The van der Waals surface area contributed by atoms with Crippen LogP contribution in [0.4, 0.5) is 19.5 Å². The van der Waals surface area contributed by atoms with Gasteiger partial charge in [0.2, 0.25) is 5.95 Å². The highest BCUT2D eigenvalue weighted by molar-refractivity contribution is 8.18. The Morgan fingerprint density at radius 2 is 1.87 bits per heavy atom. The van der Waals surface area contributed by atoms with Gasteiger partial charge in [0.05, 0.1) is 16.2 Å². The maximum atomic E-state index is 14.4. The van der Waals surface area contributed by atoms with Crippen molar-refractivity contribution >= 4 is 34.9 Å². The van der Waals surface area contributed by atoms with E-state index in [9.17, 15) is 18.4 Å². The third-order valence-electron chi connectivity index (χ3n) is 6.86. The quantitative estimate of drug-likeness (QED) is 0.420. The van der Waals surface area contributed by atoms with E-state index < -0.39 is 22.8 Å². The summed E-state index contributed by atoms with van der Waals surface area (Å²) < 4.78 is 28.8. The maximum Gasteiger partial charge on any atom is 0.290 e. The fourth-order valence-corrected chi connectivity index (χ4v) is 5.49. The van der Waals surface area contributed by atoms with Crippen LogP contribution in [-0.4, -0.2) is 45.2 Å². The number of imide groups is 1.